The average Bonchev–Trinajstić information content (AvgIpc) is 2.45. The number of rotatable bonds is 0. The molecule has 0 spiro atoms. The highest BCUT2D eigenvalue weighted by molar-refractivity contribution is 6.36. The third-order valence-corrected chi connectivity index (χ3v) is 1.81. The van der Waals surface area contributed by atoms with E-state index in [-0.39, 0.29) is 10.8 Å². The Balaban J connectivity index is 2.93. The van der Waals surface area contributed by atoms with Gasteiger partial charge in [-0.1, -0.05) is 16.8 Å². The number of aromatic hydroxyl groups is 1. The van der Waals surface area contributed by atoms with Gasteiger partial charge in [0.2, 0.25) is 0 Å². The van der Waals surface area contributed by atoms with E-state index < -0.39 is 0 Å². The van der Waals surface area contributed by atoms with Crippen LogP contribution in [0.5, 0.6) is 5.75 Å². The quantitative estimate of drug-likeness (QED) is 0.658. The van der Waals surface area contributed by atoms with Gasteiger partial charge in [0.15, 0.2) is 5.58 Å². The van der Waals surface area contributed by atoms with E-state index in [1.807, 2.05) is 0 Å². The van der Waals surface area contributed by atoms with Gasteiger partial charge >= 0.3 is 0 Å². The summed E-state index contributed by atoms with van der Waals surface area (Å²) in [7, 11) is 0. The van der Waals surface area contributed by atoms with Crippen LogP contribution in [0, 0.1) is 0 Å². The highest BCUT2D eigenvalue weighted by Gasteiger charge is 2.07. The van der Waals surface area contributed by atoms with Gasteiger partial charge in [0, 0.05) is 5.39 Å². The molecule has 0 aliphatic carbocycles. The number of halogens is 1. The van der Waals surface area contributed by atoms with E-state index >= 15 is 0 Å². The van der Waals surface area contributed by atoms with Gasteiger partial charge in [0.05, 0.1) is 6.20 Å². The van der Waals surface area contributed by atoms with Crippen LogP contribution in [-0.2, 0) is 0 Å². The highest BCUT2D eigenvalue weighted by Crippen LogP contribution is 2.31. The maximum absolute atomic E-state index is 9.12. The summed E-state index contributed by atoms with van der Waals surface area (Å²) in [6, 6.07) is 3.19. The summed E-state index contributed by atoms with van der Waals surface area (Å²) in [5, 5.41) is 13.6. The van der Waals surface area contributed by atoms with Crippen molar-refractivity contribution in [1.29, 1.82) is 0 Å². The van der Waals surface area contributed by atoms with Crippen LogP contribution in [0.15, 0.2) is 22.9 Å². The first-order valence-corrected chi connectivity index (χ1v) is 3.38. The van der Waals surface area contributed by atoms with Crippen molar-refractivity contribution in [2.24, 2.45) is 0 Å². The zero-order chi connectivity index (χ0) is 7.84. The molecule has 3 nitrogen and oxygen atoms in total. The Labute approximate surface area is 67.2 Å². The minimum absolute atomic E-state index is 0.0101. The first-order valence-electron chi connectivity index (χ1n) is 3.01. The van der Waals surface area contributed by atoms with Crippen molar-refractivity contribution in [2.45, 2.75) is 0 Å². The summed E-state index contributed by atoms with van der Waals surface area (Å²) in [6.07, 6.45) is 1.54. The third-order valence-electron chi connectivity index (χ3n) is 1.44. The fraction of sp³-hybridized carbons (Fsp3) is 0. The first kappa shape index (κ1) is 6.49. The van der Waals surface area contributed by atoms with Crippen molar-refractivity contribution >= 4 is 22.6 Å². The number of fused-ring (bicyclic) bond motifs is 1. The number of benzene rings is 1. The maximum Gasteiger partial charge on any atom is 0.189 e. The summed E-state index contributed by atoms with van der Waals surface area (Å²) in [5.74, 6) is 0.0101. The molecule has 1 aromatic carbocycles. The van der Waals surface area contributed by atoms with Gasteiger partial charge in [-0.3, -0.25) is 0 Å². The molecule has 2 rings (SSSR count). The number of hydrogen-bond donors (Lipinski definition) is 1. The minimum atomic E-state index is 0.0101. The highest BCUT2D eigenvalue weighted by atomic mass is 35.5. The fourth-order valence-corrected chi connectivity index (χ4v) is 1.10. The molecule has 0 fully saturated rings. The predicted molar refractivity (Wildman–Crippen MR) is 40.7 cm³/mol. The molecule has 0 bridgehead atoms. The molecule has 1 N–H and O–H groups in total. The van der Waals surface area contributed by atoms with Crippen LogP contribution in [0.4, 0.5) is 0 Å². The van der Waals surface area contributed by atoms with Crippen molar-refractivity contribution in [2.75, 3.05) is 0 Å². The van der Waals surface area contributed by atoms with Crippen molar-refractivity contribution in [3.05, 3.63) is 23.4 Å². The Morgan fingerprint density at radius 2 is 2.27 bits per heavy atom. The van der Waals surface area contributed by atoms with Gasteiger partial charge in [0.25, 0.3) is 0 Å². The topological polar surface area (TPSA) is 46.3 Å². The Morgan fingerprint density at radius 3 is 3.09 bits per heavy atom. The molecule has 56 valence electrons. The van der Waals surface area contributed by atoms with E-state index in [9.17, 15) is 0 Å². The molecular weight excluding hydrogens is 166 g/mol. The van der Waals surface area contributed by atoms with Crippen LogP contribution in [0.25, 0.3) is 11.0 Å². The largest absolute Gasteiger partial charge is 0.506 e. The van der Waals surface area contributed by atoms with Crippen molar-refractivity contribution in [3.8, 4) is 5.75 Å². The second-order valence-electron chi connectivity index (χ2n) is 2.14. The number of phenols is 1. The number of hydrogen-bond acceptors (Lipinski definition) is 3. The van der Waals surface area contributed by atoms with Crippen LogP contribution in [0.2, 0.25) is 5.02 Å². The Bertz CT molecular complexity index is 396. The van der Waals surface area contributed by atoms with Crippen molar-refractivity contribution < 1.29 is 9.63 Å². The van der Waals surface area contributed by atoms with Crippen LogP contribution >= 0.6 is 11.6 Å². The molecule has 1 heterocycles. The lowest BCUT2D eigenvalue weighted by atomic mass is 10.2. The Morgan fingerprint density at radius 1 is 1.45 bits per heavy atom. The van der Waals surface area contributed by atoms with E-state index in [1.165, 1.54) is 6.07 Å². The van der Waals surface area contributed by atoms with Crippen molar-refractivity contribution in [3.63, 3.8) is 0 Å². The minimum Gasteiger partial charge on any atom is -0.506 e. The molecular formula is C7H4ClNO2. The zero-order valence-electron chi connectivity index (χ0n) is 5.41. The molecule has 0 atom stereocenters. The van der Waals surface area contributed by atoms with Gasteiger partial charge in [0.1, 0.15) is 10.8 Å². The lowest BCUT2D eigenvalue weighted by Gasteiger charge is -1.93. The lowest BCUT2D eigenvalue weighted by molar-refractivity contribution is 0.449. The molecule has 1 aromatic heterocycles. The molecule has 0 aliphatic heterocycles. The van der Waals surface area contributed by atoms with Crippen LogP contribution in [0.3, 0.4) is 0 Å². The number of nitrogens with zero attached hydrogens (tertiary/aromatic N) is 1. The molecule has 0 saturated carbocycles. The molecule has 0 unspecified atom stereocenters. The molecule has 0 aliphatic rings. The summed E-state index contributed by atoms with van der Waals surface area (Å²) < 4.78 is 4.79. The molecule has 0 radical (unpaired) electrons. The normalized spacial score (nSPS) is 10.6. The summed E-state index contributed by atoms with van der Waals surface area (Å²) in [5.41, 5.74) is 0.423. The third kappa shape index (κ3) is 0.851. The summed E-state index contributed by atoms with van der Waals surface area (Å²) in [6.45, 7) is 0. The molecule has 11 heavy (non-hydrogen) atoms. The second kappa shape index (κ2) is 2.13. The summed E-state index contributed by atoms with van der Waals surface area (Å²) >= 11 is 5.68. The predicted octanol–water partition coefficient (Wildman–Crippen LogP) is 2.19. The Kier molecular flexibility index (Phi) is 1.26. The fourth-order valence-electron chi connectivity index (χ4n) is 0.891. The van der Waals surface area contributed by atoms with Gasteiger partial charge < -0.3 is 9.63 Å². The van der Waals surface area contributed by atoms with Crippen LogP contribution in [0.1, 0.15) is 0 Å². The van der Waals surface area contributed by atoms with Gasteiger partial charge in [-0.05, 0) is 12.1 Å². The second-order valence-corrected chi connectivity index (χ2v) is 2.52. The molecule has 0 saturated heterocycles. The Hall–Kier alpha value is -1.22. The van der Waals surface area contributed by atoms with Crippen molar-refractivity contribution in [1.82, 2.24) is 5.16 Å². The van der Waals surface area contributed by atoms with E-state index in [2.05, 4.69) is 5.16 Å². The van der Waals surface area contributed by atoms with Crippen LogP contribution < -0.4 is 0 Å². The van der Waals surface area contributed by atoms with Crippen LogP contribution in [-0.4, -0.2) is 10.3 Å². The summed E-state index contributed by atoms with van der Waals surface area (Å²) in [4.78, 5) is 0. The molecule has 4 heteroatoms. The average molecular weight is 170 g/mol. The van der Waals surface area contributed by atoms with Gasteiger partial charge in [-0.25, -0.2) is 0 Å². The lowest BCUT2D eigenvalue weighted by Crippen LogP contribution is -1.68. The monoisotopic (exact) mass is 169 g/mol. The number of aromatic nitrogens is 1. The molecule has 0 amide bonds. The first-order chi connectivity index (χ1) is 5.29. The number of phenolic OH excluding ortho intramolecular Hbond substituents is 1. The van der Waals surface area contributed by atoms with E-state index in [1.54, 1.807) is 12.3 Å². The van der Waals surface area contributed by atoms with E-state index in [4.69, 9.17) is 21.2 Å². The van der Waals surface area contributed by atoms with E-state index in [0.717, 1.165) is 5.39 Å². The standard InChI is InChI=1S/C7H4ClNO2/c8-6-5(10)2-1-4-3-9-11-7(4)6/h1-3,10H. The molecule has 2 aromatic rings. The SMILES string of the molecule is Oc1ccc2cnoc2c1Cl. The van der Waals surface area contributed by atoms with E-state index in [0.29, 0.717) is 5.58 Å². The smallest absolute Gasteiger partial charge is 0.189 e. The van der Waals surface area contributed by atoms with Gasteiger partial charge in [-0.2, -0.15) is 0 Å². The maximum atomic E-state index is 9.12. The zero-order valence-corrected chi connectivity index (χ0v) is 6.17. The van der Waals surface area contributed by atoms with Gasteiger partial charge in [-0.15, -0.1) is 0 Å².